The Balaban J connectivity index is 1.65. The number of nitrogens with zero attached hydrogens (tertiary/aromatic N) is 1. The molecule has 1 unspecified atom stereocenters. The predicted octanol–water partition coefficient (Wildman–Crippen LogP) is 4.39. The second-order valence-corrected chi connectivity index (χ2v) is 6.25. The Morgan fingerprint density at radius 3 is 2.64 bits per heavy atom. The minimum absolute atomic E-state index is 0.0406. The number of ether oxygens (including phenoxy) is 1. The maximum Gasteiger partial charge on any atom is 0.387 e. The van der Waals surface area contributed by atoms with Crippen molar-refractivity contribution in [1.29, 1.82) is 0 Å². The van der Waals surface area contributed by atoms with Gasteiger partial charge in [0.2, 0.25) is 0 Å². The molecule has 1 saturated heterocycles. The smallest absolute Gasteiger partial charge is 0.387 e. The van der Waals surface area contributed by atoms with E-state index < -0.39 is 6.61 Å². The van der Waals surface area contributed by atoms with Gasteiger partial charge in [-0.05, 0) is 54.8 Å². The van der Waals surface area contributed by atoms with Crippen LogP contribution in [0.2, 0.25) is 0 Å². The summed E-state index contributed by atoms with van der Waals surface area (Å²) in [5, 5.41) is 2.76. The zero-order valence-corrected chi connectivity index (χ0v) is 13.9. The van der Waals surface area contributed by atoms with Gasteiger partial charge in [-0.15, -0.1) is 0 Å². The van der Waals surface area contributed by atoms with E-state index in [2.05, 4.69) is 21.9 Å². The summed E-state index contributed by atoms with van der Waals surface area (Å²) in [6.45, 7) is 1.41. The lowest BCUT2D eigenvalue weighted by atomic mass is 10.2. The quantitative estimate of drug-likeness (QED) is 0.873. The van der Waals surface area contributed by atoms with Gasteiger partial charge in [-0.1, -0.05) is 13.0 Å². The second kappa shape index (κ2) is 7.51. The van der Waals surface area contributed by atoms with Gasteiger partial charge < -0.3 is 15.0 Å². The number of nitrogens with one attached hydrogen (secondary N) is 1. The molecule has 0 radical (unpaired) electrons. The van der Waals surface area contributed by atoms with Crippen LogP contribution >= 0.6 is 0 Å². The van der Waals surface area contributed by atoms with Gasteiger partial charge in [0.15, 0.2) is 0 Å². The second-order valence-electron chi connectivity index (χ2n) is 6.25. The number of anilines is 2. The molecule has 0 spiro atoms. The van der Waals surface area contributed by atoms with E-state index in [0.717, 1.165) is 18.8 Å². The number of carbonyl (C=O) groups is 1. The van der Waals surface area contributed by atoms with E-state index in [1.807, 2.05) is 24.3 Å². The number of halogens is 2. The molecule has 0 saturated carbocycles. The first-order chi connectivity index (χ1) is 12.0. The lowest BCUT2D eigenvalue weighted by Gasteiger charge is -2.18. The van der Waals surface area contributed by atoms with Crippen molar-refractivity contribution in [2.45, 2.75) is 20.0 Å². The maximum absolute atomic E-state index is 12.3. The van der Waals surface area contributed by atoms with Gasteiger partial charge >= 0.3 is 6.61 Å². The van der Waals surface area contributed by atoms with Crippen LogP contribution in [-0.4, -0.2) is 25.6 Å². The van der Waals surface area contributed by atoms with Gasteiger partial charge in [0, 0.05) is 30.0 Å². The molecule has 2 aromatic carbocycles. The molecule has 0 aliphatic carbocycles. The summed E-state index contributed by atoms with van der Waals surface area (Å²) in [6.07, 6.45) is 1.19. The molecule has 6 heteroatoms. The van der Waals surface area contributed by atoms with Gasteiger partial charge in [-0.3, -0.25) is 4.79 Å². The van der Waals surface area contributed by atoms with E-state index >= 15 is 0 Å². The van der Waals surface area contributed by atoms with Crippen molar-refractivity contribution in [3.05, 3.63) is 54.1 Å². The summed E-state index contributed by atoms with van der Waals surface area (Å²) >= 11 is 0. The fraction of sp³-hybridized carbons (Fsp3) is 0.316. The molecule has 0 aromatic heterocycles. The summed E-state index contributed by atoms with van der Waals surface area (Å²) in [5.41, 5.74) is 2.05. The van der Waals surface area contributed by atoms with Crippen molar-refractivity contribution in [3.63, 3.8) is 0 Å². The van der Waals surface area contributed by atoms with Crippen molar-refractivity contribution >= 4 is 17.3 Å². The lowest BCUT2D eigenvalue weighted by Crippen LogP contribution is -2.19. The highest BCUT2D eigenvalue weighted by molar-refractivity contribution is 6.04. The van der Waals surface area contributed by atoms with Crippen LogP contribution in [0, 0.1) is 5.92 Å². The van der Waals surface area contributed by atoms with Crippen molar-refractivity contribution in [2.24, 2.45) is 5.92 Å². The highest BCUT2D eigenvalue weighted by Gasteiger charge is 2.18. The minimum atomic E-state index is -2.92. The highest BCUT2D eigenvalue weighted by Crippen LogP contribution is 2.25. The molecule has 1 amide bonds. The third kappa shape index (κ3) is 4.47. The molecule has 132 valence electrons. The molecule has 1 fully saturated rings. The fourth-order valence-corrected chi connectivity index (χ4v) is 2.94. The Bertz CT molecular complexity index is 734. The van der Waals surface area contributed by atoms with Crippen LogP contribution < -0.4 is 15.0 Å². The van der Waals surface area contributed by atoms with Crippen LogP contribution in [0.4, 0.5) is 20.2 Å². The Morgan fingerprint density at radius 1 is 1.24 bits per heavy atom. The van der Waals surface area contributed by atoms with E-state index in [0.29, 0.717) is 11.6 Å². The van der Waals surface area contributed by atoms with E-state index in [1.54, 1.807) is 6.07 Å². The molecule has 0 bridgehead atoms. The standard InChI is InChI=1S/C19H20F2N2O2/c1-13-9-10-23(12-13)16-7-5-15(6-8-16)22-18(24)14-3-2-4-17(11-14)25-19(20)21/h2-8,11,13,19H,9-10,12H2,1H3,(H,22,24). The first kappa shape index (κ1) is 17.2. The molecule has 1 aliphatic heterocycles. The average Bonchev–Trinajstić information content (AvgIpc) is 3.01. The first-order valence-electron chi connectivity index (χ1n) is 8.22. The van der Waals surface area contributed by atoms with Crippen LogP contribution in [0.3, 0.4) is 0 Å². The monoisotopic (exact) mass is 346 g/mol. The molecule has 1 N–H and O–H groups in total. The molecule has 4 nitrogen and oxygen atoms in total. The Kier molecular flexibility index (Phi) is 5.16. The Morgan fingerprint density at radius 2 is 2.00 bits per heavy atom. The topological polar surface area (TPSA) is 41.6 Å². The number of hydrogen-bond acceptors (Lipinski definition) is 3. The third-order valence-corrected chi connectivity index (χ3v) is 4.24. The molecular formula is C19H20F2N2O2. The van der Waals surface area contributed by atoms with Crippen LogP contribution in [-0.2, 0) is 0 Å². The Hall–Kier alpha value is -2.63. The van der Waals surface area contributed by atoms with Gasteiger partial charge in [-0.2, -0.15) is 8.78 Å². The number of carbonyl (C=O) groups excluding carboxylic acids is 1. The third-order valence-electron chi connectivity index (χ3n) is 4.24. The first-order valence-corrected chi connectivity index (χ1v) is 8.22. The van der Waals surface area contributed by atoms with Crippen molar-refractivity contribution in [2.75, 3.05) is 23.3 Å². The predicted molar refractivity (Wildman–Crippen MR) is 93.5 cm³/mol. The van der Waals surface area contributed by atoms with Crippen molar-refractivity contribution in [1.82, 2.24) is 0 Å². The van der Waals surface area contributed by atoms with E-state index in [-0.39, 0.29) is 17.2 Å². The zero-order chi connectivity index (χ0) is 17.8. The molecule has 1 aliphatic rings. The van der Waals surface area contributed by atoms with Gasteiger partial charge in [0.05, 0.1) is 0 Å². The molecule has 1 atom stereocenters. The number of hydrogen-bond donors (Lipinski definition) is 1. The molecule has 25 heavy (non-hydrogen) atoms. The van der Waals surface area contributed by atoms with Gasteiger partial charge in [0.25, 0.3) is 5.91 Å². The normalized spacial score (nSPS) is 17.0. The largest absolute Gasteiger partial charge is 0.435 e. The summed E-state index contributed by atoms with van der Waals surface area (Å²) < 4.78 is 28.8. The average molecular weight is 346 g/mol. The molecule has 3 rings (SSSR count). The fourth-order valence-electron chi connectivity index (χ4n) is 2.94. The van der Waals surface area contributed by atoms with Crippen LogP contribution in [0.1, 0.15) is 23.7 Å². The molecular weight excluding hydrogens is 326 g/mol. The minimum Gasteiger partial charge on any atom is -0.435 e. The van der Waals surface area contributed by atoms with Crippen molar-refractivity contribution in [3.8, 4) is 5.75 Å². The SMILES string of the molecule is CC1CCN(c2ccc(NC(=O)c3cccc(OC(F)F)c3)cc2)C1. The van der Waals surface area contributed by atoms with Crippen molar-refractivity contribution < 1.29 is 18.3 Å². The van der Waals surface area contributed by atoms with E-state index in [4.69, 9.17) is 0 Å². The van der Waals surface area contributed by atoms with Gasteiger partial charge in [0.1, 0.15) is 5.75 Å². The summed E-state index contributed by atoms with van der Waals surface area (Å²) in [5.74, 6) is 0.283. The maximum atomic E-state index is 12.3. The number of alkyl halides is 2. The van der Waals surface area contributed by atoms with E-state index in [9.17, 15) is 13.6 Å². The van der Waals surface area contributed by atoms with Crippen LogP contribution in [0.25, 0.3) is 0 Å². The summed E-state index contributed by atoms with van der Waals surface area (Å²) in [6, 6.07) is 13.4. The Labute approximate surface area is 145 Å². The summed E-state index contributed by atoms with van der Waals surface area (Å²) in [4.78, 5) is 14.6. The lowest BCUT2D eigenvalue weighted by molar-refractivity contribution is -0.0498. The van der Waals surface area contributed by atoms with Crippen LogP contribution in [0.15, 0.2) is 48.5 Å². The number of benzene rings is 2. The highest BCUT2D eigenvalue weighted by atomic mass is 19.3. The van der Waals surface area contributed by atoms with Crippen LogP contribution in [0.5, 0.6) is 5.75 Å². The van der Waals surface area contributed by atoms with E-state index in [1.165, 1.54) is 24.6 Å². The molecule has 1 heterocycles. The molecule has 2 aromatic rings. The number of amides is 1. The number of rotatable bonds is 5. The zero-order valence-electron chi connectivity index (χ0n) is 13.9. The summed E-state index contributed by atoms with van der Waals surface area (Å²) in [7, 11) is 0. The van der Waals surface area contributed by atoms with Gasteiger partial charge in [-0.25, -0.2) is 0 Å².